The first-order valence-electron chi connectivity index (χ1n) is 35.9. The van der Waals surface area contributed by atoms with Gasteiger partial charge in [0, 0.05) is 231 Å². The highest BCUT2D eigenvalue weighted by Gasteiger charge is 2.40. The van der Waals surface area contributed by atoms with Crippen LogP contribution in [0.15, 0.2) is 0 Å². The molecule has 668 valence electrons. The molecule has 0 rings (SSSR count). The zero-order valence-electron chi connectivity index (χ0n) is 74.8. The standard InChI is InChI=1S/C23H48O10.C12H26O6.2C9H20O4.C9H20O3.C8H18O3.C6H14O3/c1-24-9-21(10-25-2,11-26-3)17-32-19-23(15-30-7,16-31-8)20-33-18-22(12-27-4,13-28-5)14-29-6;1-13-7-9(15-3)11(17-5)12(18-6)10(16-4)8-14-2;2*1-10-5-9(6-11-2,7-12-3)8-13-4;1-5-9(6-10-2,7-11-3)8-12-4;1-8(5-9-2,6-10-3)7-11-4;1-7-4-6(9-3)5-8-2/h9-20H2,1-8H3;9-12H,7-8H2,1-6H3;2*5-8H2,1-4H3;5-8H2,1-4H3;5-7H2,1-4H3;6H,4-5H2,1-3H3. The molecule has 0 aromatic carbocycles. The Labute approximate surface area is 661 Å². The minimum Gasteiger partial charge on any atom is -0.384 e. The molecule has 0 aromatic heterocycles. The van der Waals surface area contributed by atoms with Crippen LogP contribution in [0.1, 0.15) is 20.3 Å². The van der Waals surface area contributed by atoms with Crippen molar-refractivity contribution >= 4 is 0 Å². The predicted molar refractivity (Wildman–Crippen MR) is 417 cm³/mol. The van der Waals surface area contributed by atoms with Crippen LogP contribution in [-0.2, 0) is 156 Å². The third kappa shape index (κ3) is 59.9. The molecule has 0 aromatic rings. The van der Waals surface area contributed by atoms with E-state index in [4.69, 9.17) is 156 Å². The van der Waals surface area contributed by atoms with Crippen molar-refractivity contribution in [1.82, 2.24) is 0 Å². The molecule has 0 aliphatic rings. The van der Waals surface area contributed by atoms with Gasteiger partial charge < -0.3 is 156 Å². The Kier molecular flexibility index (Phi) is 92.3. The fourth-order valence-electron chi connectivity index (χ4n) is 12.1. The van der Waals surface area contributed by atoms with Gasteiger partial charge in [0.1, 0.15) is 30.5 Å². The highest BCUT2D eigenvalue weighted by atomic mass is 16.6. The average Bonchev–Trinajstić information content (AvgIpc) is 0.856. The van der Waals surface area contributed by atoms with Gasteiger partial charge in [-0.05, 0) is 6.42 Å². The van der Waals surface area contributed by atoms with Crippen LogP contribution in [0.5, 0.6) is 0 Å². The molecular weight excluding hydrogens is 1440 g/mol. The minimum absolute atomic E-state index is 0.0156. The molecule has 0 saturated carbocycles. The minimum atomic E-state index is -0.512. The van der Waals surface area contributed by atoms with Gasteiger partial charge in [-0.2, -0.15) is 0 Å². The lowest BCUT2D eigenvalue weighted by Gasteiger charge is -2.37. The van der Waals surface area contributed by atoms with Crippen molar-refractivity contribution in [3.63, 3.8) is 0 Å². The lowest BCUT2D eigenvalue weighted by atomic mass is 9.88. The quantitative estimate of drug-likeness (QED) is 0.0760. The van der Waals surface area contributed by atoms with Crippen molar-refractivity contribution < 1.29 is 156 Å². The fraction of sp³-hybridized carbons (Fsp3) is 1.00. The fourth-order valence-corrected chi connectivity index (χ4v) is 12.1. The third-order valence-corrected chi connectivity index (χ3v) is 16.3. The first-order chi connectivity index (χ1) is 52.3. The molecule has 0 amide bonds. The molecule has 0 bridgehead atoms. The summed E-state index contributed by atoms with van der Waals surface area (Å²) in [6.45, 7) is 19.8. The molecule has 0 aliphatic carbocycles. The van der Waals surface area contributed by atoms with Crippen LogP contribution in [0, 0.1) is 37.9 Å². The van der Waals surface area contributed by atoms with Gasteiger partial charge >= 0.3 is 0 Å². The van der Waals surface area contributed by atoms with Crippen LogP contribution >= 0.6 is 0 Å². The van der Waals surface area contributed by atoms with Crippen LogP contribution in [0.25, 0.3) is 0 Å². The Morgan fingerprint density at radius 3 is 0.477 bits per heavy atom. The summed E-state index contributed by atoms with van der Waals surface area (Å²) in [5.74, 6) is 0. The van der Waals surface area contributed by atoms with E-state index in [1.54, 1.807) is 220 Å². The molecule has 0 N–H and O–H groups in total. The number of rotatable bonds is 69. The normalized spacial score (nSPS) is 13.3. The molecule has 33 heteroatoms. The Balaban J connectivity index is -0.000000235. The zero-order valence-corrected chi connectivity index (χ0v) is 74.8. The zero-order chi connectivity index (χ0) is 84.6. The van der Waals surface area contributed by atoms with E-state index in [2.05, 4.69) is 13.8 Å². The van der Waals surface area contributed by atoms with E-state index in [0.29, 0.717) is 198 Å². The first-order valence-corrected chi connectivity index (χ1v) is 35.9. The number of ether oxygens (including phenoxy) is 33. The summed E-state index contributed by atoms with van der Waals surface area (Å²) in [5, 5.41) is 0. The van der Waals surface area contributed by atoms with Crippen molar-refractivity contribution in [2.45, 2.75) is 50.8 Å². The number of methoxy groups -OCH3 is 31. The number of hydrogen-bond acceptors (Lipinski definition) is 33. The van der Waals surface area contributed by atoms with E-state index in [-0.39, 0.29) is 52.2 Å². The summed E-state index contributed by atoms with van der Waals surface area (Å²) in [5.41, 5.74) is -1.72. The summed E-state index contributed by atoms with van der Waals surface area (Å²) < 4.78 is 174. The van der Waals surface area contributed by atoms with Gasteiger partial charge in [0.15, 0.2) is 0 Å². The molecule has 109 heavy (non-hydrogen) atoms. The highest BCUT2D eigenvalue weighted by molar-refractivity contribution is 4.87. The Hall–Kier alpha value is -1.32. The van der Waals surface area contributed by atoms with E-state index < -0.39 is 16.2 Å². The van der Waals surface area contributed by atoms with E-state index in [1.807, 2.05) is 0 Å². The SMILES string of the molecule is CCC(COC)(COC)COC.COCC(C)(COC)COC.COCC(COC)(COC)COC.COCC(COC)(COC)COC.COCC(COC)(COC)COCC(COC)(COC)COCC(COC)(COC)COC.COCC(COC)OC.COCC(OC)C(OC)C(OC)C(COC)OC. The van der Waals surface area contributed by atoms with Crippen LogP contribution in [0.2, 0.25) is 0 Å². The van der Waals surface area contributed by atoms with E-state index in [0.717, 1.165) is 6.42 Å². The average molecular weight is 1610 g/mol. The van der Waals surface area contributed by atoms with Crippen molar-refractivity contribution in [3.8, 4) is 0 Å². The molecule has 4 unspecified atom stereocenters. The summed E-state index contributed by atoms with van der Waals surface area (Å²) in [7, 11) is 51.3. The number of hydrogen-bond donors (Lipinski definition) is 0. The molecule has 0 saturated heterocycles. The Morgan fingerprint density at radius 2 is 0.339 bits per heavy atom. The maximum Gasteiger partial charge on any atom is 0.114 e. The van der Waals surface area contributed by atoms with Crippen molar-refractivity contribution in [1.29, 1.82) is 0 Å². The van der Waals surface area contributed by atoms with Crippen molar-refractivity contribution in [2.24, 2.45) is 37.9 Å². The van der Waals surface area contributed by atoms with Gasteiger partial charge in [0.2, 0.25) is 0 Å². The van der Waals surface area contributed by atoms with Gasteiger partial charge in [-0.15, -0.1) is 0 Å². The molecule has 0 radical (unpaired) electrons. The molecule has 0 heterocycles. The lowest BCUT2D eigenvalue weighted by molar-refractivity contribution is -0.166. The van der Waals surface area contributed by atoms with Gasteiger partial charge in [0.05, 0.1) is 225 Å². The summed E-state index contributed by atoms with van der Waals surface area (Å²) in [6, 6.07) is 0. The van der Waals surface area contributed by atoms with Gasteiger partial charge in [-0.3, -0.25) is 0 Å². The first kappa shape index (κ1) is 121. The molecule has 4 atom stereocenters. The highest BCUT2D eigenvalue weighted by Crippen LogP contribution is 2.28. The molecular formula is C76H166O33. The second-order valence-electron chi connectivity index (χ2n) is 27.3. The van der Waals surface area contributed by atoms with Crippen molar-refractivity contribution in [3.05, 3.63) is 0 Å². The molecule has 0 aliphatic heterocycles. The topological polar surface area (TPSA) is 305 Å². The van der Waals surface area contributed by atoms with Gasteiger partial charge in [-0.1, -0.05) is 13.8 Å². The maximum atomic E-state index is 6.20. The van der Waals surface area contributed by atoms with Crippen LogP contribution < -0.4 is 0 Å². The molecule has 0 fully saturated rings. The molecule has 33 nitrogen and oxygen atoms in total. The Morgan fingerprint density at radius 1 is 0.174 bits per heavy atom. The van der Waals surface area contributed by atoms with Gasteiger partial charge in [-0.25, -0.2) is 0 Å². The van der Waals surface area contributed by atoms with Crippen LogP contribution in [0.3, 0.4) is 0 Å². The van der Waals surface area contributed by atoms with Crippen LogP contribution in [0.4, 0.5) is 0 Å². The van der Waals surface area contributed by atoms with E-state index in [1.165, 1.54) is 0 Å². The monoisotopic (exact) mass is 1610 g/mol. The largest absolute Gasteiger partial charge is 0.384 e. The van der Waals surface area contributed by atoms with Crippen LogP contribution in [-0.4, -0.2) is 449 Å². The maximum absolute atomic E-state index is 6.20. The smallest absolute Gasteiger partial charge is 0.114 e. The third-order valence-electron chi connectivity index (χ3n) is 16.3. The second-order valence-corrected chi connectivity index (χ2v) is 27.3. The van der Waals surface area contributed by atoms with Gasteiger partial charge in [0.25, 0.3) is 0 Å². The summed E-state index contributed by atoms with van der Waals surface area (Å²) in [6.07, 6.45) is -0.0123. The lowest BCUT2D eigenvalue weighted by Crippen LogP contribution is -2.50. The molecule has 0 spiro atoms. The predicted octanol–water partition coefficient (Wildman–Crippen LogP) is 5.15. The van der Waals surface area contributed by atoms with Crippen molar-refractivity contribution in [2.75, 3.05) is 419 Å². The van der Waals surface area contributed by atoms with E-state index >= 15 is 0 Å². The second kappa shape index (κ2) is 83.2. The summed E-state index contributed by atoms with van der Waals surface area (Å²) >= 11 is 0. The Bertz CT molecular complexity index is 1540. The summed E-state index contributed by atoms with van der Waals surface area (Å²) in [4.78, 5) is 0. The van der Waals surface area contributed by atoms with E-state index in [9.17, 15) is 0 Å².